The maximum atomic E-state index is 12.7. The van der Waals surface area contributed by atoms with E-state index in [1.54, 1.807) is 11.8 Å². The predicted octanol–water partition coefficient (Wildman–Crippen LogP) is 3.16. The maximum absolute atomic E-state index is 12.7. The molecule has 0 unspecified atom stereocenters. The number of aromatic nitrogens is 1. The second-order valence-electron chi connectivity index (χ2n) is 6.42. The van der Waals surface area contributed by atoms with Gasteiger partial charge in [-0.3, -0.25) is 9.59 Å². The third kappa shape index (κ3) is 2.48. The van der Waals surface area contributed by atoms with Gasteiger partial charge in [0.2, 0.25) is 5.91 Å². The average Bonchev–Trinajstić information content (AvgIpc) is 3.16. The topological polar surface area (TPSA) is 54.3 Å². The van der Waals surface area contributed by atoms with Crippen LogP contribution in [0.15, 0.2) is 54.7 Å². The molecule has 1 aliphatic rings. The number of fused-ring (bicyclic) bond motifs is 2. The van der Waals surface area contributed by atoms with E-state index in [2.05, 4.69) is 5.32 Å². The second-order valence-corrected chi connectivity index (χ2v) is 6.42. The van der Waals surface area contributed by atoms with Gasteiger partial charge in [0.25, 0.3) is 5.91 Å². The lowest BCUT2D eigenvalue weighted by molar-refractivity contribution is -0.120. The number of aryl methyl sites for hydroxylation is 1. The van der Waals surface area contributed by atoms with Gasteiger partial charge in [-0.1, -0.05) is 24.3 Å². The normalized spacial score (nSPS) is 14.6. The molecule has 0 spiro atoms. The lowest BCUT2D eigenvalue weighted by Crippen LogP contribution is -2.42. The number of nitrogens with zero attached hydrogens (tertiary/aromatic N) is 2. The van der Waals surface area contributed by atoms with E-state index >= 15 is 0 Å². The van der Waals surface area contributed by atoms with Crippen LogP contribution in [0.4, 0.5) is 5.69 Å². The molecule has 0 radical (unpaired) electrons. The van der Waals surface area contributed by atoms with Crippen molar-refractivity contribution in [3.63, 3.8) is 0 Å². The van der Waals surface area contributed by atoms with Gasteiger partial charge in [0, 0.05) is 36.3 Å². The maximum Gasteiger partial charge on any atom is 0.255 e. The van der Waals surface area contributed by atoms with Crippen LogP contribution in [0, 0.1) is 0 Å². The molecule has 3 aromatic rings. The molecular weight excluding hydrogens is 314 g/mol. The summed E-state index contributed by atoms with van der Waals surface area (Å²) in [6.07, 6.45) is 1.96. The van der Waals surface area contributed by atoms with Crippen LogP contribution in [-0.2, 0) is 18.4 Å². The molecule has 5 heteroatoms. The summed E-state index contributed by atoms with van der Waals surface area (Å²) in [7, 11) is 1.97. The van der Waals surface area contributed by atoms with Gasteiger partial charge in [0.1, 0.15) is 6.04 Å². The Labute approximate surface area is 145 Å². The van der Waals surface area contributed by atoms with E-state index in [0.717, 1.165) is 22.2 Å². The smallest absolute Gasteiger partial charge is 0.255 e. The molecule has 25 heavy (non-hydrogen) atoms. The Bertz CT molecular complexity index is 990. The third-order valence-electron chi connectivity index (χ3n) is 4.88. The zero-order valence-electron chi connectivity index (χ0n) is 14.2. The molecule has 1 atom stereocenters. The SMILES string of the molecule is C[C@H](C(=O)Nc1cccc2c1ccn2C)N1Cc2ccccc2C1=O. The lowest BCUT2D eigenvalue weighted by atomic mass is 10.1. The van der Waals surface area contributed by atoms with Gasteiger partial charge in [-0.05, 0) is 36.8 Å². The van der Waals surface area contributed by atoms with Crippen molar-refractivity contribution in [3.05, 3.63) is 65.9 Å². The highest BCUT2D eigenvalue weighted by Crippen LogP contribution is 2.27. The van der Waals surface area contributed by atoms with Crippen molar-refractivity contribution in [3.8, 4) is 0 Å². The van der Waals surface area contributed by atoms with Crippen molar-refractivity contribution in [1.29, 1.82) is 0 Å². The van der Waals surface area contributed by atoms with E-state index in [-0.39, 0.29) is 11.8 Å². The van der Waals surface area contributed by atoms with E-state index in [9.17, 15) is 9.59 Å². The first-order chi connectivity index (χ1) is 12.1. The number of hydrogen-bond acceptors (Lipinski definition) is 2. The highest BCUT2D eigenvalue weighted by Gasteiger charge is 2.33. The van der Waals surface area contributed by atoms with Crippen LogP contribution in [0.1, 0.15) is 22.8 Å². The minimum atomic E-state index is -0.543. The molecule has 1 N–H and O–H groups in total. The first-order valence-corrected chi connectivity index (χ1v) is 8.30. The first kappa shape index (κ1) is 15.4. The minimum absolute atomic E-state index is 0.0869. The molecule has 2 aromatic carbocycles. The minimum Gasteiger partial charge on any atom is -0.350 e. The Morgan fingerprint density at radius 2 is 1.92 bits per heavy atom. The van der Waals surface area contributed by atoms with Gasteiger partial charge >= 0.3 is 0 Å². The molecule has 5 nitrogen and oxygen atoms in total. The van der Waals surface area contributed by atoms with Crippen LogP contribution >= 0.6 is 0 Å². The Balaban J connectivity index is 1.56. The van der Waals surface area contributed by atoms with Gasteiger partial charge in [-0.25, -0.2) is 0 Å². The van der Waals surface area contributed by atoms with Crippen LogP contribution in [0.5, 0.6) is 0 Å². The van der Waals surface area contributed by atoms with Crippen molar-refractivity contribution in [2.75, 3.05) is 5.32 Å². The highest BCUT2D eigenvalue weighted by atomic mass is 16.2. The van der Waals surface area contributed by atoms with Gasteiger partial charge in [0.05, 0.1) is 5.69 Å². The van der Waals surface area contributed by atoms with Crippen LogP contribution in [0.3, 0.4) is 0 Å². The van der Waals surface area contributed by atoms with Gasteiger partial charge in [-0.2, -0.15) is 0 Å². The zero-order valence-corrected chi connectivity index (χ0v) is 14.2. The lowest BCUT2D eigenvalue weighted by Gasteiger charge is -2.23. The summed E-state index contributed by atoms with van der Waals surface area (Å²) < 4.78 is 2.01. The fraction of sp³-hybridized carbons (Fsp3) is 0.200. The van der Waals surface area contributed by atoms with Gasteiger partial charge < -0.3 is 14.8 Å². The molecule has 4 rings (SSSR count). The summed E-state index contributed by atoms with van der Waals surface area (Å²) in [5, 5.41) is 3.96. The van der Waals surface area contributed by atoms with Crippen molar-refractivity contribution in [2.45, 2.75) is 19.5 Å². The zero-order chi connectivity index (χ0) is 17.6. The number of benzene rings is 2. The first-order valence-electron chi connectivity index (χ1n) is 8.30. The number of carbonyl (C=O) groups excluding carboxylic acids is 2. The van der Waals surface area contributed by atoms with E-state index < -0.39 is 6.04 Å². The Morgan fingerprint density at radius 3 is 2.72 bits per heavy atom. The van der Waals surface area contributed by atoms with E-state index in [1.807, 2.05) is 66.3 Å². The molecule has 0 fully saturated rings. The Kier molecular flexibility index (Phi) is 3.57. The largest absolute Gasteiger partial charge is 0.350 e. The predicted molar refractivity (Wildman–Crippen MR) is 97.3 cm³/mol. The molecule has 1 aliphatic heterocycles. The fourth-order valence-electron chi connectivity index (χ4n) is 3.38. The Morgan fingerprint density at radius 1 is 1.12 bits per heavy atom. The number of anilines is 1. The van der Waals surface area contributed by atoms with E-state index in [1.165, 1.54) is 0 Å². The van der Waals surface area contributed by atoms with Crippen LogP contribution in [0.25, 0.3) is 10.9 Å². The van der Waals surface area contributed by atoms with Gasteiger partial charge in [-0.15, -0.1) is 0 Å². The molecule has 0 saturated heterocycles. The monoisotopic (exact) mass is 333 g/mol. The molecule has 0 aliphatic carbocycles. The Hall–Kier alpha value is -3.08. The number of nitrogens with one attached hydrogen (secondary N) is 1. The molecule has 126 valence electrons. The number of amides is 2. The summed E-state index contributed by atoms with van der Waals surface area (Å²) >= 11 is 0. The third-order valence-corrected chi connectivity index (χ3v) is 4.88. The number of rotatable bonds is 3. The van der Waals surface area contributed by atoms with Crippen LogP contribution in [0.2, 0.25) is 0 Å². The molecule has 0 bridgehead atoms. The summed E-state index contributed by atoms with van der Waals surface area (Å²) in [6, 6.07) is 14.8. The quantitative estimate of drug-likeness (QED) is 0.800. The summed E-state index contributed by atoms with van der Waals surface area (Å²) in [4.78, 5) is 26.9. The van der Waals surface area contributed by atoms with Crippen LogP contribution in [-0.4, -0.2) is 27.3 Å². The van der Waals surface area contributed by atoms with E-state index in [4.69, 9.17) is 0 Å². The molecule has 1 aromatic heterocycles. The number of carbonyl (C=O) groups is 2. The van der Waals surface area contributed by atoms with Crippen molar-refractivity contribution < 1.29 is 9.59 Å². The second kappa shape index (κ2) is 5.77. The number of hydrogen-bond donors (Lipinski definition) is 1. The standard InChI is InChI=1S/C20H19N3O2/c1-13(23-12-14-6-3-4-7-15(14)20(23)25)19(24)21-17-8-5-9-18-16(17)10-11-22(18)2/h3-11,13H,12H2,1-2H3,(H,21,24)/t13-/m1/s1. The van der Waals surface area contributed by atoms with Gasteiger partial charge in [0.15, 0.2) is 0 Å². The average molecular weight is 333 g/mol. The highest BCUT2D eigenvalue weighted by molar-refractivity contribution is 6.06. The molecule has 2 heterocycles. The van der Waals surface area contributed by atoms with Crippen molar-refractivity contribution in [2.24, 2.45) is 7.05 Å². The van der Waals surface area contributed by atoms with Crippen LogP contribution < -0.4 is 5.32 Å². The fourth-order valence-corrected chi connectivity index (χ4v) is 3.38. The summed E-state index contributed by atoms with van der Waals surface area (Å²) in [6.45, 7) is 2.24. The summed E-state index contributed by atoms with van der Waals surface area (Å²) in [5.74, 6) is -0.270. The molecule has 0 saturated carbocycles. The van der Waals surface area contributed by atoms with Crippen molar-refractivity contribution >= 4 is 28.4 Å². The molecular formula is C20H19N3O2. The van der Waals surface area contributed by atoms with Crippen molar-refractivity contribution in [1.82, 2.24) is 9.47 Å². The summed E-state index contributed by atoms with van der Waals surface area (Å²) in [5.41, 5.74) is 3.47. The molecule has 2 amide bonds. The van der Waals surface area contributed by atoms with E-state index in [0.29, 0.717) is 12.1 Å².